The highest BCUT2D eigenvalue weighted by atomic mass is 16.6. The average molecular weight is 365 g/mol. The number of para-hydroxylation sites is 2. The number of nitrogens with zero attached hydrogens (tertiary/aromatic N) is 3. The molecule has 4 rings (SSSR count). The van der Waals surface area contributed by atoms with Crippen molar-refractivity contribution in [2.75, 3.05) is 18.0 Å². The second-order valence-electron chi connectivity index (χ2n) is 6.54. The van der Waals surface area contributed by atoms with E-state index < -0.39 is 4.92 Å². The third-order valence-electron chi connectivity index (χ3n) is 4.74. The molecule has 1 saturated heterocycles. The van der Waals surface area contributed by atoms with Gasteiger partial charge in [0, 0.05) is 25.2 Å². The van der Waals surface area contributed by atoms with Gasteiger partial charge in [-0.2, -0.15) is 0 Å². The molecular formula is C19H19N5O3. The summed E-state index contributed by atoms with van der Waals surface area (Å²) >= 11 is 0. The van der Waals surface area contributed by atoms with E-state index in [1.165, 1.54) is 12.1 Å². The van der Waals surface area contributed by atoms with Crippen LogP contribution >= 0.6 is 0 Å². The van der Waals surface area contributed by atoms with Crippen LogP contribution in [0.25, 0.3) is 11.0 Å². The second kappa shape index (κ2) is 7.06. The van der Waals surface area contributed by atoms with Crippen LogP contribution in [0.3, 0.4) is 0 Å². The Kier molecular flexibility index (Phi) is 4.45. The van der Waals surface area contributed by atoms with Crippen LogP contribution in [0.2, 0.25) is 0 Å². The molecular weight excluding hydrogens is 346 g/mol. The fraction of sp³-hybridized carbons (Fsp3) is 0.263. The van der Waals surface area contributed by atoms with E-state index in [4.69, 9.17) is 0 Å². The first kappa shape index (κ1) is 17.0. The van der Waals surface area contributed by atoms with Crippen molar-refractivity contribution in [2.45, 2.75) is 19.4 Å². The number of hydrogen-bond acceptors (Lipinski definition) is 5. The van der Waals surface area contributed by atoms with Gasteiger partial charge in [0.05, 0.1) is 33.8 Å². The normalized spacial score (nSPS) is 13.9. The molecule has 8 heteroatoms. The number of benzene rings is 2. The maximum Gasteiger partial charge on any atom is 0.270 e. The number of aromatic nitrogens is 2. The van der Waals surface area contributed by atoms with E-state index in [0.717, 1.165) is 42.7 Å². The maximum absolute atomic E-state index is 12.8. The van der Waals surface area contributed by atoms with Crippen LogP contribution in [0, 0.1) is 10.1 Å². The largest absolute Gasteiger partial charge is 0.371 e. The van der Waals surface area contributed by atoms with E-state index in [2.05, 4.69) is 20.2 Å². The number of fused-ring (bicyclic) bond motifs is 1. The van der Waals surface area contributed by atoms with E-state index in [9.17, 15) is 14.9 Å². The molecule has 1 fully saturated rings. The smallest absolute Gasteiger partial charge is 0.270 e. The van der Waals surface area contributed by atoms with Gasteiger partial charge in [-0.1, -0.05) is 12.1 Å². The van der Waals surface area contributed by atoms with Gasteiger partial charge >= 0.3 is 0 Å². The van der Waals surface area contributed by atoms with Crippen molar-refractivity contribution < 1.29 is 9.72 Å². The number of aromatic amines is 1. The first-order chi connectivity index (χ1) is 13.1. The maximum atomic E-state index is 12.8. The van der Waals surface area contributed by atoms with Gasteiger partial charge in [-0.05, 0) is 31.0 Å². The molecule has 27 heavy (non-hydrogen) atoms. The number of hydrogen-bond donors (Lipinski definition) is 2. The van der Waals surface area contributed by atoms with Gasteiger partial charge in [0.15, 0.2) is 0 Å². The fourth-order valence-corrected chi connectivity index (χ4v) is 3.40. The van der Waals surface area contributed by atoms with Crippen molar-refractivity contribution in [1.29, 1.82) is 0 Å². The summed E-state index contributed by atoms with van der Waals surface area (Å²) in [5, 5.41) is 14.0. The molecule has 8 nitrogen and oxygen atoms in total. The number of nitro benzene ring substituents is 1. The summed E-state index contributed by atoms with van der Waals surface area (Å²) in [6.07, 6.45) is 2.11. The van der Waals surface area contributed by atoms with Crippen LogP contribution in [-0.4, -0.2) is 33.9 Å². The summed E-state index contributed by atoms with van der Waals surface area (Å²) in [7, 11) is 0. The van der Waals surface area contributed by atoms with Crippen molar-refractivity contribution in [3.05, 3.63) is 64.0 Å². The Labute approximate surface area is 155 Å². The third kappa shape index (κ3) is 3.46. The van der Waals surface area contributed by atoms with Crippen molar-refractivity contribution in [1.82, 2.24) is 15.3 Å². The Morgan fingerprint density at radius 2 is 2.00 bits per heavy atom. The van der Waals surface area contributed by atoms with Gasteiger partial charge in [-0.25, -0.2) is 4.98 Å². The van der Waals surface area contributed by atoms with Crippen LogP contribution in [0.1, 0.15) is 29.0 Å². The van der Waals surface area contributed by atoms with Gasteiger partial charge in [-0.3, -0.25) is 14.9 Å². The summed E-state index contributed by atoms with van der Waals surface area (Å²) in [6, 6.07) is 12.1. The van der Waals surface area contributed by atoms with Gasteiger partial charge in [0.2, 0.25) is 0 Å². The highest BCUT2D eigenvalue weighted by Crippen LogP contribution is 2.28. The van der Waals surface area contributed by atoms with Gasteiger partial charge in [0.1, 0.15) is 5.82 Å². The fourth-order valence-electron chi connectivity index (χ4n) is 3.40. The van der Waals surface area contributed by atoms with E-state index in [1.54, 1.807) is 6.07 Å². The monoisotopic (exact) mass is 365 g/mol. The van der Waals surface area contributed by atoms with Gasteiger partial charge in [0.25, 0.3) is 11.6 Å². The minimum Gasteiger partial charge on any atom is -0.371 e. The number of non-ortho nitro benzene ring substituents is 1. The van der Waals surface area contributed by atoms with E-state index in [0.29, 0.717) is 11.4 Å². The van der Waals surface area contributed by atoms with Crippen molar-refractivity contribution in [3.8, 4) is 0 Å². The summed E-state index contributed by atoms with van der Waals surface area (Å²) < 4.78 is 0. The molecule has 0 bridgehead atoms. The molecule has 1 amide bonds. The Bertz CT molecular complexity index is 975. The van der Waals surface area contributed by atoms with E-state index in [-0.39, 0.29) is 18.1 Å². The number of rotatable bonds is 5. The van der Waals surface area contributed by atoms with Gasteiger partial charge in [-0.15, -0.1) is 0 Å². The standard InChI is InChI=1S/C19H19N5O3/c25-19(20-12-18-21-15-5-1-2-6-16(15)22-18)14-11-13(24(26)27)7-8-17(14)23-9-3-4-10-23/h1-2,5-8,11H,3-4,9-10,12H2,(H,20,25)(H,21,22). The van der Waals surface area contributed by atoms with Crippen molar-refractivity contribution in [2.24, 2.45) is 0 Å². The number of carbonyl (C=O) groups excluding carboxylic acids is 1. The Morgan fingerprint density at radius 3 is 2.74 bits per heavy atom. The Morgan fingerprint density at radius 1 is 1.22 bits per heavy atom. The molecule has 0 atom stereocenters. The number of carbonyl (C=O) groups is 1. The topological polar surface area (TPSA) is 104 Å². The number of H-pyrrole nitrogens is 1. The van der Waals surface area contributed by atoms with Crippen LogP contribution in [-0.2, 0) is 6.54 Å². The predicted molar refractivity (Wildman–Crippen MR) is 102 cm³/mol. The zero-order valence-corrected chi connectivity index (χ0v) is 14.6. The molecule has 0 spiro atoms. The lowest BCUT2D eigenvalue weighted by Gasteiger charge is -2.20. The van der Waals surface area contributed by atoms with E-state index >= 15 is 0 Å². The number of imidazole rings is 1. The summed E-state index contributed by atoms with van der Waals surface area (Å²) in [6.45, 7) is 1.92. The molecule has 2 N–H and O–H groups in total. The molecule has 2 aromatic carbocycles. The quantitative estimate of drug-likeness (QED) is 0.534. The molecule has 0 saturated carbocycles. The van der Waals surface area contributed by atoms with Gasteiger partial charge < -0.3 is 15.2 Å². The highest BCUT2D eigenvalue weighted by Gasteiger charge is 2.22. The minimum atomic E-state index is -0.482. The number of anilines is 1. The lowest BCUT2D eigenvalue weighted by molar-refractivity contribution is -0.384. The van der Waals surface area contributed by atoms with Crippen molar-refractivity contribution in [3.63, 3.8) is 0 Å². The number of nitro groups is 1. The van der Waals surface area contributed by atoms with Crippen LogP contribution in [0.5, 0.6) is 0 Å². The SMILES string of the molecule is O=C(NCc1nc2ccccc2[nH]1)c1cc([N+](=O)[O-])ccc1N1CCCC1. The van der Waals surface area contributed by atoms with Crippen LogP contribution in [0.4, 0.5) is 11.4 Å². The molecule has 0 radical (unpaired) electrons. The Balaban J connectivity index is 1.57. The first-order valence-electron chi connectivity index (χ1n) is 8.87. The lowest BCUT2D eigenvalue weighted by atomic mass is 10.1. The zero-order valence-electron chi connectivity index (χ0n) is 14.6. The average Bonchev–Trinajstić information content (AvgIpc) is 3.34. The minimum absolute atomic E-state index is 0.0909. The highest BCUT2D eigenvalue weighted by molar-refractivity contribution is 6.00. The molecule has 2 heterocycles. The first-order valence-corrected chi connectivity index (χ1v) is 8.87. The van der Waals surface area contributed by atoms with Crippen LogP contribution < -0.4 is 10.2 Å². The lowest BCUT2D eigenvalue weighted by Crippen LogP contribution is -2.27. The third-order valence-corrected chi connectivity index (χ3v) is 4.74. The van der Waals surface area contributed by atoms with Crippen LogP contribution in [0.15, 0.2) is 42.5 Å². The predicted octanol–water partition coefficient (Wildman–Crippen LogP) is 3.00. The molecule has 1 aromatic heterocycles. The summed E-state index contributed by atoms with van der Waals surface area (Å²) in [5.74, 6) is 0.291. The molecule has 138 valence electrons. The number of nitrogens with one attached hydrogen (secondary N) is 2. The molecule has 3 aromatic rings. The Hall–Kier alpha value is -3.42. The molecule has 1 aliphatic heterocycles. The molecule has 0 unspecified atom stereocenters. The molecule has 1 aliphatic rings. The number of amides is 1. The summed E-state index contributed by atoms with van der Waals surface area (Å²) in [5.41, 5.74) is 2.69. The molecule has 0 aliphatic carbocycles. The van der Waals surface area contributed by atoms with Crippen molar-refractivity contribution >= 4 is 28.3 Å². The second-order valence-corrected chi connectivity index (χ2v) is 6.54. The van der Waals surface area contributed by atoms with E-state index in [1.807, 2.05) is 24.3 Å². The zero-order chi connectivity index (χ0) is 18.8. The summed E-state index contributed by atoms with van der Waals surface area (Å²) in [4.78, 5) is 33.1.